The van der Waals surface area contributed by atoms with Gasteiger partial charge < -0.3 is 5.11 Å². The van der Waals surface area contributed by atoms with Crippen LogP contribution in [0.1, 0.15) is 49.3 Å². The fourth-order valence-corrected chi connectivity index (χ4v) is 2.35. The Morgan fingerprint density at radius 3 is 2.53 bits per heavy atom. The molecule has 0 saturated heterocycles. The zero-order valence-corrected chi connectivity index (χ0v) is 10.4. The molecule has 1 aliphatic carbocycles. The summed E-state index contributed by atoms with van der Waals surface area (Å²) in [5, 5.41) is 10.0. The predicted molar refractivity (Wildman–Crippen MR) is 66.0 cm³/mol. The van der Waals surface area contributed by atoms with Crippen molar-refractivity contribution in [3.05, 3.63) is 28.8 Å². The van der Waals surface area contributed by atoms with Crippen molar-refractivity contribution in [3.63, 3.8) is 0 Å². The van der Waals surface area contributed by atoms with Gasteiger partial charge in [-0.05, 0) is 48.9 Å². The van der Waals surface area contributed by atoms with Crippen molar-refractivity contribution in [1.29, 1.82) is 0 Å². The Balaban J connectivity index is 2.55. The molecule has 1 fully saturated rings. The van der Waals surface area contributed by atoms with Crippen molar-refractivity contribution in [3.8, 4) is 5.75 Å². The van der Waals surface area contributed by atoms with Crippen LogP contribution in [0.25, 0.3) is 0 Å². The highest BCUT2D eigenvalue weighted by atomic mass is 16.3. The Bertz CT molecular complexity index is 495. The average Bonchev–Trinajstić information content (AvgIpc) is 2.98. The molecule has 90 valence electrons. The summed E-state index contributed by atoms with van der Waals surface area (Å²) in [5.74, 6) is 0.633. The van der Waals surface area contributed by atoms with Gasteiger partial charge in [-0.25, -0.2) is 4.79 Å². The predicted octanol–water partition coefficient (Wildman–Crippen LogP) is 3.15. The first-order valence-corrected chi connectivity index (χ1v) is 5.93. The summed E-state index contributed by atoms with van der Waals surface area (Å²) in [5.41, 5.74) is 2.55. The molecule has 17 heavy (non-hydrogen) atoms. The third kappa shape index (κ3) is 1.98. The molecule has 0 aromatic heterocycles. The molecule has 3 nitrogen and oxygen atoms in total. The molecule has 0 bridgehead atoms. The van der Waals surface area contributed by atoms with Gasteiger partial charge in [0.05, 0.1) is 0 Å². The molecule has 0 atom stereocenters. The second-order valence-electron chi connectivity index (χ2n) is 5.12. The lowest BCUT2D eigenvalue weighted by Gasteiger charge is -2.16. The van der Waals surface area contributed by atoms with Gasteiger partial charge in [0.25, 0.3) is 0 Å². The van der Waals surface area contributed by atoms with E-state index in [0.29, 0.717) is 5.92 Å². The van der Waals surface area contributed by atoms with Crippen LogP contribution in [0.2, 0.25) is 0 Å². The zero-order valence-electron chi connectivity index (χ0n) is 10.4. The number of hydrogen-bond donors (Lipinski definition) is 1. The normalized spacial score (nSPS) is 16.7. The van der Waals surface area contributed by atoms with Gasteiger partial charge in [0.15, 0.2) is 0 Å². The van der Waals surface area contributed by atoms with Gasteiger partial charge >= 0.3 is 0 Å². The maximum atomic E-state index is 10.5. The topological polar surface area (TPSA) is 49.7 Å². The highest BCUT2D eigenvalue weighted by molar-refractivity contribution is 5.51. The third-order valence-corrected chi connectivity index (χ3v) is 3.49. The van der Waals surface area contributed by atoms with Crippen molar-refractivity contribution < 1.29 is 9.90 Å². The Hall–Kier alpha value is -1.60. The largest absolute Gasteiger partial charge is 0.508 e. The number of aliphatic imine (C=N–C) groups is 1. The number of aromatic hydroxyl groups is 1. The van der Waals surface area contributed by atoms with Crippen LogP contribution in [0.3, 0.4) is 0 Å². The molecule has 1 saturated carbocycles. The van der Waals surface area contributed by atoms with E-state index >= 15 is 0 Å². The maximum absolute atomic E-state index is 10.5. The van der Waals surface area contributed by atoms with Gasteiger partial charge in [-0.1, -0.05) is 13.8 Å². The third-order valence-electron chi connectivity index (χ3n) is 3.49. The molecule has 1 N–H and O–H groups in total. The first-order valence-electron chi connectivity index (χ1n) is 5.93. The van der Waals surface area contributed by atoms with Crippen LogP contribution < -0.4 is 0 Å². The molecule has 1 aromatic rings. The minimum absolute atomic E-state index is 0.239. The molecule has 0 heterocycles. The molecule has 1 aliphatic rings. The fourth-order valence-electron chi connectivity index (χ4n) is 2.35. The minimum Gasteiger partial charge on any atom is -0.508 e. The van der Waals surface area contributed by atoms with Crippen LogP contribution in [0.5, 0.6) is 5.75 Å². The van der Waals surface area contributed by atoms with Gasteiger partial charge in [0.2, 0.25) is 6.08 Å². The van der Waals surface area contributed by atoms with E-state index in [1.54, 1.807) is 12.1 Å². The van der Waals surface area contributed by atoms with Crippen molar-refractivity contribution in [2.75, 3.05) is 0 Å². The summed E-state index contributed by atoms with van der Waals surface area (Å²) in [6.45, 7) is 6.22. The van der Waals surface area contributed by atoms with E-state index in [2.05, 4.69) is 18.8 Å². The number of carbonyl (C=O) groups excluding carboxylic acids is 1. The number of hydrogen-bond acceptors (Lipinski definition) is 3. The molecule has 0 amide bonds. The number of rotatable bonds is 3. The van der Waals surface area contributed by atoms with Crippen LogP contribution in [-0.4, -0.2) is 11.2 Å². The lowest BCUT2D eigenvalue weighted by Crippen LogP contribution is -2.05. The molecule has 0 aliphatic heterocycles. The number of aryl methyl sites for hydroxylation is 1. The van der Waals surface area contributed by atoms with Crippen molar-refractivity contribution in [1.82, 2.24) is 0 Å². The highest BCUT2D eigenvalue weighted by Gasteiger charge is 2.46. The van der Waals surface area contributed by atoms with Crippen molar-refractivity contribution in [2.24, 2.45) is 4.99 Å². The summed E-state index contributed by atoms with van der Waals surface area (Å²) in [6, 6.07) is 3.76. The fraction of sp³-hybridized carbons (Fsp3) is 0.500. The van der Waals surface area contributed by atoms with E-state index < -0.39 is 5.54 Å². The highest BCUT2D eigenvalue weighted by Crippen LogP contribution is 2.52. The number of phenols is 1. The molecule has 3 heteroatoms. The quantitative estimate of drug-likeness (QED) is 0.641. The first kappa shape index (κ1) is 11.9. The number of benzene rings is 1. The van der Waals surface area contributed by atoms with E-state index in [0.717, 1.165) is 24.0 Å². The van der Waals surface area contributed by atoms with Gasteiger partial charge in [0, 0.05) is 5.56 Å². The summed E-state index contributed by atoms with van der Waals surface area (Å²) in [4.78, 5) is 14.3. The SMILES string of the molecule is Cc1cc(O)c(C2(N=C=O)CC2)cc1C(C)C. The van der Waals surface area contributed by atoms with Gasteiger partial charge in [-0.2, -0.15) is 4.99 Å². The second kappa shape index (κ2) is 4.01. The minimum atomic E-state index is -0.497. The summed E-state index contributed by atoms with van der Waals surface area (Å²) in [6.07, 6.45) is 3.26. The standard InChI is InChI=1S/C14H17NO2/c1-9(2)11-7-12(13(17)6-10(11)3)14(4-5-14)15-8-16/h6-7,9,17H,4-5H2,1-3H3. The molecule has 2 rings (SSSR count). The Morgan fingerprint density at radius 2 is 2.06 bits per heavy atom. The van der Waals surface area contributed by atoms with Crippen LogP contribution in [-0.2, 0) is 10.3 Å². The van der Waals surface area contributed by atoms with Crippen molar-refractivity contribution >= 4 is 6.08 Å². The maximum Gasteiger partial charge on any atom is 0.235 e. The number of phenolic OH excluding ortho intramolecular Hbond substituents is 1. The summed E-state index contributed by atoms with van der Waals surface area (Å²) < 4.78 is 0. The van der Waals surface area contributed by atoms with E-state index in [1.807, 2.05) is 13.0 Å². The molecule has 1 aromatic carbocycles. The molecular formula is C14H17NO2. The summed E-state index contributed by atoms with van der Waals surface area (Å²) >= 11 is 0. The van der Waals surface area contributed by atoms with Crippen LogP contribution in [0.15, 0.2) is 17.1 Å². The molecular weight excluding hydrogens is 214 g/mol. The monoisotopic (exact) mass is 231 g/mol. The molecule has 0 radical (unpaired) electrons. The Morgan fingerprint density at radius 1 is 1.41 bits per heavy atom. The first-order chi connectivity index (χ1) is 8.00. The van der Waals surface area contributed by atoms with Crippen LogP contribution >= 0.6 is 0 Å². The van der Waals surface area contributed by atoms with E-state index in [-0.39, 0.29) is 5.75 Å². The van der Waals surface area contributed by atoms with E-state index in [4.69, 9.17) is 0 Å². The lowest BCUT2D eigenvalue weighted by atomic mass is 9.92. The van der Waals surface area contributed by atoms with E-state index in [9.17, 15) is 9.90 Å². The number of nitrogens with zero attached hydrogens (tertiary/aromatic N) is 1. The summed E-state index contributed by atoms with van der Waals surface area (Å²) in [7, 11) is 0. The van der Waals surface area contributed by atoms with Gasteiger partial charge in [-0.3, -0.25) is 0 Å². The lowest BCUT2D eigenvalue weighted by molar-refractivity contribution is 0.458. The van der Waals surface area contributed by atoms with E-state index in [1.165, 1.54) is 5.56 Å². The van der Waals surface area contributed by atoms with Crippen LogP contribution in [0, 0.1) is 6.92 Å². The zero-order chi connectivity index (χ0) is 12.6. The smallest absolute Gasteiger partial charge is 0.235 e. The van der Waals surface area contributed by atoms with Gasteiger partial charge in [0.1, 0.15) is 11.3 Å². The average molecular weight is 231 g/mol. The number of isocyanates is 1. The second-order valence-corrected chi connectivity index (χ2v) is 5.12. The van der Waals surface area contributed by atoms with Crippen molar-refractivity contribution in [2.45, 2.75) is 45.1 Å². The van der Waals surface area contributed by atoms with Gasteiger partial charge in [-0.15, -0.1) is 0 Å². The Kier molecular flexibility index (Phi) is 2.80. The van der Waals surface area contributed by atoms with Crippen LogP contribution in [0.4, 0.5) is 0 Å². The Labute approximate surface area is 101 Å². The molecule has 0 unspecified atom stereocenters. The molecule has 0 spiro atoms.